The van der Waals surface area contributed by atoms with E-state index in [1.54, 1.807) is 6.07 Å². The summed E-state index contributed by atoms with van der Waals surface area (Å²) in [5, 5.41) is 12.0. The van der Waals surface area contributed by atoms with Crippen molar-refractivity contribution in [2.45, 2.75) is 5.33 Å². The van der Waals surface area contributed by atoms with Crippen LogP contribution in [0.5, 0.6) is 0 Å². The van der Waals surface area contributed by atoms with Crippen molar-refractivity contribution in [2.24, 2.45) is 0 Å². The molecule has 0 aliphatic heterocycles. The number of carbonyl (C=O) groups excluding carboxylic acids is 2. The third kappa shape index (κ3) is 4.30. The number of hydrogen-bond acceptors (Lipinski definition) is 4. The second-order valence-electron chi connectivity index (χ2n) is 4.66. The maximum absolute atomic E-state index is 12.1. The first-order valence-corrected chi connectivity index (χ1v) is 8.12. The van der Waals surface area contributed by atoms with Crippen LogP contribution in [0.1, 0.15) is 26.3 Å². The van der Waals surface area contributed by atoms with Crippen molar-refractivity contribution in [2.75, 3.05) is 0 Å². The molecule has 0 aromatic heterocycles. The summed E-state index contributed by atoms with van der Waals surface area (Å²) in [6, 6.07) is 10.2. The molecule has 124 valence electrons. The smallest absolute Gasteiger partial charge is 0.267 e. The first-order chi connectivity index (χ1) is 11.4. The number of rotatable bonds is 4. The maximum Gasteiger partial charge on any atom is 0.282 e. The lowest BCUT2D eigenvalue weighted by Gasteiger charge is -2.08. The quantitative estimate of drug-likeness (QED) is 0.457. The molecular weight excluding hydrogens is 402 g/mol. The lowest BCUT2D eigenvalue weighted by molar-refractivity contribution is -0.385. The summed E-state index contributed by atoms with van der Waals surface area (Å²) in [6.45, 7) is 0. The summed E-state index contributed by atoms with van der Waals surface area (Å²) < 4.78 is 0. The molecule has 24 heavy (non-hydrogen) atoms. The molecule has 0 fully saturated rings. The number of nitrogens with one attached hydrogen (secondary N) is 2. The van der Waals surface area contributed by atoms with Gasteiger partial charge in [0.1, 0.15) is 5.56 Å². The van der Waals surface area contributed by atoms with E-state index in [9.17, 15) is 19.7 Å². The number of amides is 2. The van der Waals surface area contributed by atoms with Crippen LogP contribution >= 0.6 is 27.5 Å². The molecular formula is C15H11BrClN3O4. The molecule has 2 rings (SSSR count). The molecule has 0 bridgehead atoms. The Hall–Kier alpha value is -2.45. The van der Waals surface area contributed by atoms with E-state index < -0.39 is 16.7 Å². The van der Waals surface area contributed by atoms with Gasteiger partial charge >= 0.3 is 0 Å². The first kappa shape index (κ1) is 17.9. The van der Waals surface area contributed by atoms with Crippen LogP contribution in [0.15, 0.2) is 42.5 Å². The summed E-state index contributed by atoms with van der Waals surface area (Å²) in [7, 11) is 0. The van der Waals surface area contributed by atoms with Crippen LogP contribution in [-0.4, -0.2) is 16.7 Å². The number of carbonyl (C=O) groups is 2. The number of nitro benzene ring substituents is 1. The van der Waals surface area contributed by atoms with Crippen molar-refractivity contribution in [3.63, 3.8) is 0 Å². The molecule has 0 unspecified atom stereocenters. The topological polar surface area (TPSA) is 101 Å². The largest absolute Gasteiger partial charge is 0.282 e. The van der Waals surface area contributed by atoms with Crippen LogP contribution < -0.4 is 10.9 Å². The molecule has 2 aromatic carbocycles. The highest BCUT2D eigenvalue weighted by Gasteiger charge is 2.21. The molecule has 7 nitrogen and oxygen atoms in total. The summed E-state index contributed by atoms with van der Waals surface area (Å²) in [6.07, 6.45) is 0. The van der Waals surface area contributed by atoms with Crippen molar-refractivity contribution in [1.82, 2.24) is 10.9 Å². The van der Waals surface area contributed by atoms with Gasteiger partial charge in [0.2, 0.25) is 0 Å². The number of nitrogens with zero attached hydrogens (tertiary/aromatic N) is 1. The van der Waals surface area contributed by atoms with Gasteiger partial charge in [-0.05, 0) is 35.9 Å². The Labute approximate surface area is 150 Å². The molecule has 0 heterocycles. The minimum absolute atomic E-state index is 0.152. The molecule has 0 saturated carbocycles. The Morgan fingerprint density at radius 1 is 1.08 bits per heavy atom. The average Bonchev–Trinajstić information content (AvgIpc) is 2.59. The minimum atomic E-state index is -0.787. The highest BCUT2D eigenvalue weighted by Crippen LogP contribution is 2.21. The molecule has 2 aromatic rings. The van der Waals surface area contributed by atoms with Gasteiger partial charge < -0.3 is 0 Å². The Morgan fingerprint density at radius 3 is 2.29 bits per heavy atom. The fraction of sp³-hybridized carbons (Fsp3) is 0.0667. The van der Waals surface area contributed by atoms with E-state index in [1.165, 1.54) is 36.4 Å². The summed E-state index contributed by atoms with van der Waals surface area (Å²) in [5.41, 5.74) is 4.80. The number of alkyl halides is 1. The van der Waals surface area contributed by atoms with Crippen LogP contribution in [0.25, 0.3) is 0 Å². The number of hydrazine groups is 1. The van der Waals surface area contributed by atoms with E-state index >= 15 is 0 Å². The van der Waals surface area contributed by atoms with E-state index in [0.717, 1.165) is 0 Å². The highest BCUT2D eigenvalue weighted by atomic mass is 79.9. The molecule has 0 aliphatic carbocycles. The van der Waals surface area contributed by atoms with E-state index in [-0.39, 0.29) is 16.8 Å². The molecule has 0 saturated heterocycles. The normalized spacial score (nSPS) is 10.1. The average molecular weight is 413 g/mol. The van der Waals surface area contributed by atoms with Crippen molar-refractivity contribution < 1.29 is 14.5 Å². The van der Waals surface area contributed by atoms with Crippen molar-refractivity contribution in [1.29, 1.82) is 0 Å². The molecule has 0 radical (unpaired) electrons. The van der Waals surface area contributed by atoms with Gasteiger partial charge in [-0.15, -0.1) is 0 Å². The van der Waals surface area contributed by atoms with Crippen LogP contribution in [0.2, 0.25) is 5.02 Å². The van der Waals surface area contributed by atoms with Gasteiger partial charge in [-0.2, -0.15) is 0 Å². The van der Waals surface area contributed by atoms with Gasteiger partial charge in [0.15, 0.2) is 0 Å². The predicted octanol–water partition coefficient (Wildman–Crippen LogP) is 3.22. The number of nitro groups is 1. The monoisotopic (exact) mass is 411 g/mol. The Balaban J connectivity index is 2.11. The molecule has 0 aliphatic rings. The standard InChI is InChI=1S/C15H11BrClN3O4/c16-8-9-1-6-12(13(7-9)20(23)24)15(22)19-18-14(21)10-2-4-11(17)5-3-10/h1-7H,8H2,(H,18,21)(H,19,22). The third-order valence-electron chi connectivity index (χ3n) is 3.05. The Bertz CT molecular complexity index is 796. The van der Waals surface area contributed by atoms with Crippen molar-refractivity contribution in [3.05, 3.63) is 74.3 Å². The highest BCUT2D eigenvalue weighted by molar-refractivity contribution is 9.08. The van der Waals surface area contributed by atoms with E-state index in [4.69, 9.17) is 11.6 Å². The lowest BCUT2D eigenvalue weighted by atomic mass is 10.1. The lowest BCUT2D eigenvalue weighted by Crippen LogP contribution is -2.41. The zero-order valence-electron chi connectivity index (χ0n) is 12.1. The third-order valence-corrected chi connectivity index (χ3v) is 3.95. The fourth-order valence-electron chi connectivity index (χ4n) is 1.86. The summed E-state index contributed by atoms with van der Waals surface area (Å²) >= 11 is 8.92. The number of hydrogen-bond donors (Lipinski definition) is 2. The number of halogens is 2. The second kappa shape index (κ2) is 7.89. The van der Waals surface area contributed by atoms with Crippen LogP contribution in [-0.2, 0) is 5.33 Å². The van der Waals surface area contributed by atoms with Crippen LogP contribution in [0, 0.1) is 10.1 Å². The maximum atomic E-state index is 12.1. The molecule has 0 spiro atoms. The van der Waals surface area contributed by atoms with Crippen molar-refractivity contribution in [3.8, 4) is 0 Å². The van der Waals surface area contributed by atoms with Crippen LogP contribution in [0.4, 0.5) is 5.69 Å². The molecule has 2 N–H and O–H groups in total. The Morgan fingerprint density at radius 2 is 1.71 bits per heavy atom. The van der Waals surface area contributed by atoms with E-state index in [2.05, 4.69) is 26.8 Å². The minimum Gasteiger partial charge on any atom is -0.267 e. The first-order valence-electron chi connectivity index (χ1n) is 6.62. The van der Waals surface area contributed by atoms with E-state index in [1.807, 2.05) is 0 Å². The summed E-state index contributed by atoms with van der Waals surface area (Å²) in [5.74, 6) is -1.36. The molecule has 9 heteroatoms. The molecule has 0 atom stereocenters. The molecule has 2 amide bonds. The number of benzene rings is 2. The summed E-state index contributed by atoms with van der Waals surface area (Å²) in [4.78, 5) is 34.4. The van der Waals surface area contributed by atoms with Crippen molar-refractivity contribution >= 4 is 45.0 Å². The van der Waals surface area contributed by atoms with Gasteiger partial charge in [-0.25, -0.2) is 0 Å². The fourth-order valence-corrected chi connectivity index (χ4v) is 2.33. The van der Waals surface area contributed by atoms with Gasteiger partial charge in [0.05, 0.1) is 4.92 Å². The van der Waals surface area contributed by atoms with Gasteiger partial charge in [0.25, 0.3) is 17.5 Å². The van der Waals surface area contributed by atoms with E-state index in [0.29, 0.717) is 15.9 Å². The second-order valence-corrected chi connectivity index (χ2v) is 5.65. The Kier molecular flexibility index (Phi) is 5.88. The predicted molar refractivity (Wildman–Crippen MR) is 92.1 cm³/mol. The van der Waals surface area contributed by atoms with Gasteiger partial charge in [-0.3, -0.25) is 30.6 Å². The van der Waals surface area contributed by atoms with Gasteiger partial charge in [-0.1, -0.05) is 33.6 Å². The SMILES string of the molecule is O=C(NNC(=O)c1ccc(CBr)cc1[N+](=O)[O-])c1ccc(Cl)cc1. The zero-order chi connectivity index (χ0) is 17.7. The zero-order valence-corrected chi connectivity index (χ0v) is 14.4. The van der Waals surface area contributed by atoms with Crippen LogP contribution in [0.3, 0.4) is 0 Å². The van der Waals surface area contributed by atoms with Gasteiger partial charge in [0, 0.05) is 22.0 Å².